The van der Waals surface area contributed by atoms with Crippen molar-refractivity contribution in [3.05, 3.63) is 33.8 Å². The van der Waals surface area contributed by atoms with Gasteiger partial charge >= 0.3 is 0 Å². The molecule has 6 heteroatoms. The average molecular weight is 263 g/mol. The topological polar surface area (TPSA) is 75.9 Å². The van der Waals surface area contributed by atoms with Gasteiger partial charge in [-0.15, -0.1) is 11.3 Å². The minimum absolute atomic E-state index is 0.212. The number of aryl methyl sites for hydroxylation is 1. The lowest BCUT2D eigenvalue weighted by molar-refractivity contribution is 0.881. The molecule has 0 saturated heterocycles. The maximum Gasteiger partial charge on any atom is 0.148 e. The Morgan fingerprint density at radius 1 is 1.28 bits per heavy atom. The second kappa shape index (κ2) is 5.32. The van der Waals surface area contributed by atoms with E-state index < -0.39 is 0 Å². The van der Waals surface area contributed by atoms with Gasteiger partial charge in [-0.25, -0.2) is 15.8 Å². The number of nitrogen functional groups attached to an aromatic ring is 1. The number of hydrogen-bond acceptors (Lipinski definition) is 6. The standard InChI is InChI=1S/C12H17N5S/c1-7-11(15-9(3)16-12(7)17-13)14-8(2)10-5-4-6-18-10/h4-6,8H,13H2,1-3H3,(H2,14,15,16,17). The molecule has 1 atom stereocenters. The molecular formula is C12H17N5S. The minimum Gasteiger partial charge on any atom is -0.362 e. The summed E-state index contributed by atoms with van der Waals surface area (Å²) >= 11 is 1.72. The molecule has 0 amide bonds. The molecule has 0 fully saturated rings. The lowest BCUT2D eigenvalue weighted by Crippen LogP contribution is -2.15. The van der Waals surface area contributed by atoms with Gasteiger partial charge in [0, 0.05) is 10.4 Å². The third-order valence-corrected chi connectivity index (χ3v) is 3.77. The molecule has 2 rings (SSSR count). The maximum absolute atomic E-state index is 5.45. The summed E-state index contributed by atoms with van der Waals surface area (Å²) < 4.78 is 0. The van der Waals surface area contributed by atoms with Crippen LogP contribution in [0.25, 0.3) is 0 Å². The summed E-state index contributed by atoms with van der Waals surface area (Å²) in [4.78, 5) is 9.93. The molecule has 0 aromatic carbocycles. The Labute approximate surface area is 110 Å². The lowest BCUT2D eigenvalue weighted by Gasteiger charge is -2.16. The summed E-state index contributed by atoms with van der Waals surface area (Å²) in [5, 5.41) is 5.46. The molecule has 4 N–H and O–H groups in total. The largest absolute Gasteiger partial charge is 0.362 e. The highest BCUT2D eigenvalue weighted by Crippen LogP contribution is 2.26. The molecule has 0 radical (unpaired) electrons. The van der Waals surface area contributed by atoms with Crippen LogP contribution in [-0.4, -0.2) is 9.97 Å². The summed E-state index contributed by atoms with van der Waals surface area (Å²) in [6, 6.07) is 4.36. The van der Waals surface area contributed by atoms with Crippen LogP contribution in [0.3, 0.4) is 0 Å². The van der Waals surface area contributed by atoms with Gasteiger partial charge in [0.1, 0.15) is 17.5 Å². The van der Waals surface area contributed by atoms with Crippen molar-refractivity contribution in [2.45, 2.75) is 26.8 Å². The Bertz CT molecular complexity index is 524. The third kappa shape index (κ3) is 2.60. The lowest BCUT2D eigenvalue weighted by atomic mass is 10.2. The molecule has 0 saturated carbocycles. The number of hydrogen-bond donors (Lipinski definition) is 3. The molecule has 0 aliphatic heterocycles. The van der Waals surface area contributed by atoms with Crippen molar-refractivity contribution >= 4 is 23.0 Å². The molecule has 5 nitrogen and oxygen atoms in total. The van der Waals surface area contributed by atoms with Crippen molar-refractivity contribution in [2.24, 2.45) is 5.84 Å². The van der Waals surface area contributed by atoms with Crippen LogP contribution in [-0.2, 0) is 0 Å². The minimum atomic E-state index is 0.212. The van der Waals surface area contributed by atoms with Gasteiger partial charge in [0.05, 0.1) is 6.04 Å². The first-order chi connectivity index (χ1) is 8.61. The fourth-order valence-electron chi connectivity index (χ4n) is 1.72. The van der Waals surface area contributed by atoms with E-state index in [2.05, 4.69) is 39.1 Å². The van der Waals surface area contributed by atoms with Crippen LogP contribution in [0, 0.1) is 13.8 Å². The highest BCUT2D eigenvalue weighted by Gasteiger charge is 2.12. The Hall–Kier alpha value is -1.66. The Kier molecular flexibility index (Phi) is 3.78. The van der Waals surface area contributed by atoms with E-state index in [-0.39, 0.29) is 6.04 Å². The first-order valence-electron chi connectivity index (χ1n) is 5.73. The second-order valence-corrected chi connectivity index (χ2v) is 5.10. The van der Waals surface area contributed by atoms with E-state index in [1.165, 1.54) is 4.88 Å². The normalized spacial score (nSPS) is 12.2. The van der Waals surface area contributed by atoms with E-state index in [4.69, 9.17) is 5.84 Å². The molecule has 2 heterocycles. The third-order valence-electron chi connectivity index (χ3n) is 2.72. The Morgan fingerprint density at radius 2 is 2.00 bits per heavy atom. The van der Waals surface area contributed by atoms with Crippen LogP contribution < -0.4 is 16.6 Å². The van der Waals surface area contributed by atoms with Crippen LogP contribution in [0.2, 0.25) is 0 Å². The van der Waals surface area contributed by atoms with Crippen LogP contribution in [0.5, 0.6) is 0 Å². The molecule has 1 unspecified atom stereocenters. The molecular weight excluding hydrogens is 246 g/mol. The van der Waals surface area contributed by atoms with E-state index in [1.807, 2.05) is 19.9 Å². The summed E-state index contributed by atoms with van der Waals surface area (Å²) in [7, 11) is 0. The zero-order valence-corrected chi connectivity index (χ0v) is 11.5. The fraction of sp³-hybridized carbons (Fsp3) is 0.333. The van der Waals surface area contributed by atoms with Gasteiger partial charge in [-0.05, 0) is 32.2 Å². The zero-order valence-electron chi connectivity index (χ0n) is 10.7. The smallest absolute Gasteiger partial charge is 0.148 e. The molecule has 2 aromatic heterocycles. The summed E-state index contributed by atoms with van der Waals surface area (Å²) in [6.07, 6.45) is 0. The molecule has 18 heavy (non-hydrogen) atoms. The van der Waals surface area contributed by atoms with Gasteiger partial charge in [-0.1, -0.05) is 6.07 Å². The molecule has 0 spiro atoms. The van der Waals surface area contributed by atoms with E-state index in [0.29, 0.717) is 11.6 Å². The van der Waals surface area contributed by atoms with E-state index in [9.17, 15) is 0 Å². The number of nitrogens with one attached hydrogen (secondary N) is 2. The van der Waals surface area contributed by atoms with Crippen molar-refractivity contribution in [2.75, 3.05) is 10.7 Å². The first-order valence-corrected chi connectivity index (χ1v) is 6.61. The molecule has 96 valence electrons. The highest BCUT2D eigenvalue weighted by atomic mass is 32.1. The number of rotatable bonds is 4. The van der Waals surface area contributed by atoms with Crippen molar-refractivity contribution < 1.29 is 0 Å². The fourth-order valence-corrected chi connectivity index (χ4v) is 2.46. The number of hydrazine groups is 1. The predicted molar refractivity (Wildman–Crippen MR) is 75.7 cm³/mol. The van der Waals surface area contributed by atoms with E-state index in [1.54, 1.807) is 11.3 Å². The molecule has 0 aliphatic carbocycles. The van der Waals surface area contributed by atoms with E-state index >= 15 is 0 Å². The van der Waals surface area contributed by atoms with Crippen molar-refractivity contribution in [3.8, 4) is 0 Å². The van der Waals surface area contributed by atoms with Gasteiger partial charge in [0.25, 0.3) is 0 Å². The number of thiophene rings is 1. The average Bonchev–Trinajstić information content (AvgIpc) is 2.87. The van der Waals surface area contributed by atoms with Gasteiger partial charge in [-0.2, -0.15) is 0 Å². The summed E-state index contributed by atoms with van der Waals surface area (Å²) in [6.45, 7) is 5.90. The number of aromatic nitrogens is 2. The zero-order chi connectivity index (χ0) is 13.1. The van der Waals surface area contributed by atoms with Gasteiger partial charge < -0.3 is 10.7 Å². The molecule has 2 aromatic rings. The SMILES string of the molecule is Cc1nc(NN)c(C)c(NC(C)c2cccs2)n1. The number of nitrogens with two attached hydrogens (primary N) is 1. The van der Waals surface area contributed by atoms with Gasteiger partial charge in [0.2, 0.25) is 0 Å². The van der Waals surface area contributed by atoms with Crippen LogP contribution in [0.1, 0.15) is 29.2 Å². The Balaban J connectivity index is 2.26. The summed E-state index contributed by atoms with van der Waals surface area (Å²) in [5.74, 6) is 7.61. The van der Waals surface area contributed by atoms with Gasteiger partial charge in [0.15, 0.2) is 0 Å². The first kappa shape index (κ1) is 12.8. The molecule has 0 aliphatic rings. The number of anilines is 2. The monoisotopic (exact) mass is 263 g/mol. The van der Waals surface area contributed by atoms with Crippen LogP contribution >= 0.6 is 11.3 Å². The van der Waals surface area contributed by atoms with Crippen molar-refractivity contribution in [1.82, 2.24) is 9.97 Å². The molecule has 0 bridgehead atoms. The van der Waals surface area contributed by atoms with Crippen molar-refractivity contribution in [1.29, 1.82) is 0 Å². The Morgan fingerprint density at radius 3 is 2.61 bits per heavy atom. The predicted octanol–water partition coefficient (Wildman–Crippen LogP) is 2.61. The second-order valence-electron chi connectivity index (χ2n) is 4.12. The number of nitrogens with zero attached hydrogens (tertiary/aromatic N) is 2. The van der Waals surface area contributed by atoms with Crippen LogP contribution in [0.15, 0.2) is 17.5 Å². The summed E-state index contributed by atoms with van der Waals surface area (Å²) in [5.41, 5.74) is 3.52. The maximum atomic E-state index is 5.45. The highest BCUT2D eigenvalue weighted by molar-refractivity contribution is 7.10. The van der Waals surface area contributed by atoms with E-state index in [0.717, 1.165) is 11.4 Å². The quantitative estimate of drug-likeness (QED) is 0.584. The van der Waals surface area contributed by atoms with Crippen LogP contribution in [0.4, 0.5) is 11.6 Å². The van der Waals surface area contributed by atoms with Gasteiger partial charge in [-0.3, -0.25) is 0 Å². The van der Waals surface area contributed by atoms with Crippen molar-refractivity contribution in [3.63, 3.8) is 0 Å².